The number of esters is 1. The van der Waals surface area contributed by atoms with Crippen molar-refractivity contribution >= 4 is 32.5 Å². The first-order valence-electron chi connectivity index (χ1n) is 9.58. The average Bonchev–Trinajstić information content (AvgIpc) is 2.73. The molecule has 0 aliphatic carbocycles. The Hall–Kier alpha value is -3.03. The molecule has 3 aromatic rings. The van der Waals surface area contributed by atoms with E-state index in [0.717, 1.165) is 16.3 Å². The van der Waals surface area contributed by atoms with Crippen molar-refractivity contribution < 1.29 is 22.7 Å². The molecular weight excluding hydrogens is 402 g/mol. The summed E-state index contributed by atoms with van der Waals surface area (Å²) in [6, 6.07) is 17.7. The second-order valence-corrected chi connectivity index (χ2v) is 8.64. The Morgan fingerprint density at radius 3 is 2.30 bits per heavy atom. The number of aryl methyl sites for hydroxylation is 1. The first-order valence-corrected chi connectivity index (χ1v) is 11.1. The van der Waals surface area contributed by atoms with Gasteiger partial charge < -0.3 is 4.74 Å². The molecule has 0 bridgehead atoms. The summed E-state index contributed by atoms with van der Waals surface area (Å²) in [7, 11) is -4.01. The van der Waals surface area contributed by atoms with Crippen molar-refractivity contribution in [1.82, 2.24) is 4.72 Å². The lowest BCUT2D eigenvalue weighted by atomic mass is 10.0. The Morgan fingerprint density at radius 2 is 1.63 bits per heavy atom. The lowest BCUT2D eigenvalue weighted by molar-refractivity contribution is -0.145. The van der Waals surface area contributed by atoms with Crippen LogP contribution in [-0.2, 0) is 19.6 Å². The maximum absolute atomic E-state index is 12.8. The summed E-state index contributed by atoms with van der Waals surface area (Å²) in [5.74, 6) is -1.15. The van der Waals surface area contributed by atoms with Crippen molar-refractivity contribution in [3.05, 3.63) is 77.9 Å². The summed E-state index contributed by atoms with van der Waals surface area (Å²) < 4.78 is 32.8. The topological polar surface area (TPSA) is 89.5 Å². The number of hydrogen-bond acceptors (Lipinski definition) is 5. The number of rotatable bonds is 8. The predicted octanol–water partition coefficient (Wildman–Crippen LogP) is 3.63. The number of carbonyl (C=O) groups excluding carboxylic acids is 2. The van der Waals surface area contributed by atoms with E-state index in [1.807, 2.05) is 37.3 Å². The van der Waals surface area contributed by atoms with E-state index in [1.165, 1.54) is 12.1 Å². The van der Waals surface area contributed by atoms with E-state index >= 15 is 0 Å². The summed E-state index contributed by atoms with van der Waals surface area (Å²) in [6.45, 7) is 3.54. The minimum atomic E-state index is -4.01. The van der Waals surface area contributed by atoms with E-state index in [2.05, 4.69) is 4.72 Å². The number of sulfonamides is 1. The van der Waals surface area contributed by atoms with Crippen molar-refractivity contribution in [2.75, 3.05) is 6.61 Å². The lowest BCUT2D eigenvalue weighted by Gasteiger charge is -2.17. The van der Waals surface area contributed by atoms with Crippen molar-refractivity contribution in [2.45, 2.75) is 31.2 Å². The van der Waals surface area contributed by atoms with Gasteiger partial charge >= 0.3 is 5.97 Å². The van der Waals surface area contributed by atoms with Gasteiger partial charge in [-0.3, -0.25) is 9.59 Å². The molecule has 0 spiro atoms. The minimum Gasteiger partial charge on any atom is -0.465 e. The normalized spacial score (nSPS) is 12.5. The second-order valence-electron chi connectivity index (χ2n) is 6.93. The van der Waals surface area contributed by atoms with E-state index in [9.17, 15) is 18.0 Å². The highest BCUT2D eigenvalue weighted by molar-refractivity contribution is 7.89. The molecule has 0 aliphatic rings. The summed E-state index contributed by atoms with van der Waals surface area (Å²) >= 11 is 0. The molecule has 0 fully saturated rings. The lowest BCUT2D eigenvalue weighted by Crippen LogP contribution is -2.43. The van der Waals surface area contributed by atoms with Gasteiger partial charge in [-0.05, 0) is 42.8 Å². The SMILES string of the molecule is CCOC(=O)[C@H](CC(=O)c1ccc2ccccc2c1)NS(=O)(=O)c1ccc(C)cc1. The van der Waals surface area contributed by atoms with Crippen molar-refractivity contribution in [2.24, 2.45) is 0 Å². The maximum Gasteiger partial charge on any atom is 0.324 e. The van der Waals surface area contributed by atoms with E-state index in [4.69, 9.17) is 4.74 Å². The fourth-order valence-electron chi connectivity index (χ4n) is 3.05. The zero-order chi connectivity index (χ0) is 21.7. The molecule has 7 heteroatoms. The van der Waals surface area contributed by atoms with Crippen LogP contribution >= 0.6 is 0 Å². The van der Waals surface area contributed by atoms with E-state index in [0.29, 0.717) is 5.56 Å². The Bertz CT molecular complexity index is 1170. The van der Waals surface area contributed by atoms with Crippen LogP contribution < -0.4 is 4.72 Å². The number of ether oxygens (including phenoxy) is 1. The number of carbonyl (C=O) groups is 2. The number of fused-ring (bicyclic) bond motifs is 1. The highest BCUT2D eigenvalue weighted by Gasteiger charge is 2.29. The molecule has 0 unspecified atom stereocenters. The summed E-state index contributed by atoms with van der Waals surface area (Å²) in [5.41, 5.74) is 1.31. The second kappa shape index (κ2) is 9.19. The molecule has 0 aliphatic heterocycles. The van der Waals surface area contributed by atoms with Crippen LogP contribution in [0.25, 0.3) is 10.8 Å². The summed E-state index contributed by atoms with van der Waals surface area (Å²) in [4.78, 5) is 25.2. The molecule has 3 rings (SSSR count). The zero-order valence-corrected chi connectivity index (χ0v) is 17.6. The quantitative estimate of drug-likeness (QED) is 0.440. The van der Waals surface area contributed by atoms with Gasteiger partial charge in [0.05, 0.1) is 11.5 Å². The van der Waals surface area contributed by atoms with Gasteiger partial charge in [0, 0.05) is 12.0 Å². The van der Waals surface area contributed by atoms with Gasteiger partial charge in [0.15, 0.2) is 5.78 Å². The molecule has 6 nitrogen and oxygen atoms in total. The van der Waals surface area contributed by atoms with Crippen LogP contribution in [0.4, 0.5) is 0 Å². The van der Waals surface area contributed by atoms with Crippen LogP contribution in [0.2, 0.25) is 0 Å². The van der Waals surface area contributed by atoms with Crippen molar-refractivity contribution in [3.63, 3.8) is 0 Å². The number of ketones is 1. The fraction of sp³-hybridized carbons (Fsp3) is 0.217. The molecule has 1 N–H and O–H groups in total. The molecule has 0 saturated carbocycles. The standard InChI is InChI=1S/C23H23NO5S/c1-3-29-23(26)21(24-30(27,28)20-12-8-16(2)9-13-20)15-22(25)19-11-10-17-6-4-5-7-18(17)14-19/h4-14,21,24H,3,15H2,1-2H3/t21-/m0/s1. The molecule has 0 amide bonds. The van der Waals surface area contributed by atoms with Crippen LogP contribution in [0, 0.1) is 6.92 Å². The van der Waals surface area contributed by atoms with Crippen LogP contribution in [0.1, 0.15) is 29.3 Å². The van der Waals surface area contributed by atoms with E-state index in [-0.39, 0.29) is 23.7 Å². The Balaban J connectivity index is 1.84. The predicted molar refractivity (Wildman–Crippen MR) is 115 cm³/mol. The van der Waals surface area contributed by atoms with E-state index < -0.39 is 22.0 Å². The van der Waals surface area contributed by atoms with Crippen molar-refractivity contribution in [1.29, 1.82) is 0 Å². The van der Waals surface area contributed by atoms with Crippen LogP contribution in [0.5, 0.6) is 0 Å². The van der Waals surface area contributed by atoms with Gasteiger partial charge in [0.25, 0.3) is 0 Å². The van der Waals surface area contributed by atoms with Crippen molar-refractivity contribution in [3.8, 4) is 0 Å². The van der Waals surface area contributed by atoms with Gasteiger partial charge in [0.1, 0.15) is 6.04 Å². The summed E-state index contributed by atoms with van der Waals surface area (Å²) in [6.07, 6.45) is -0.345. The minimum absolute atomic E-state index is 0.0144. The van der Waals surface area contributed by atoms with Gasteiger partial charge in [0.2, 0.25) is 10.0 Å². The van der Waals surface area contributed by atoms with Gasteiger partial charge in [-0.1, -0.05) is 54.1 Å². The average molecular weight is 426 g/mol. The molecule has 0 aromatic heterocycles. The Labute approximate surface area is 175 Å². The van der Waals surface area contributed by atoms with Crippen LogP contribution in [-0.4, -0.2) is 32.8 Å². The smallest absolute Gasteiger partial charge is 0.324 e. The van der Waals surface area contributed by atoms with Gasteiger partial charge in [-0.2, -0.15) is 4.72 Å². The highest BCUT2D eigenvalue weighted by Crippen LogP contribution is 2.18. The molecule has 0 radical (unpaired) electrons. The zero-order valence-electron chi connectivity index (χ0n) is 16.8. The van der Waals surface area contributed by atoms with Gasteiger partial charge in [-0.25, -0.2) is 8.42 Å². The number of hydrogen-bond donors (Lipinski definition) is 1. The first-order chi connectivity index (χ1) is 14.3. The third-order valence-electron chi connectivity index (χ3n) is 4.66. The monoisotopic (exact) mass is 425 g/mol. The Kier molecular flexibility index (Phi) is 6.64. The third-order valence-corrected chi connectivity index (χ3v) is 6.15. The molecule has 0 saturated heterocycles. The number of Topliss-reactive ketones (excluding diaryl/α,β-unsaturated/α-hetero) is 1. The number of nitrogens with one attached hydrogen (secondary N) is 1. The van der Waals surface area contributed by atoms with Crippen LogP contribution in [0.3, 0.4) is 0 Å². The third kappa shape index (κ3) is 5.11. The number of benzene rings is 3. The molecule has 1 atom stereocenters. The molecule has 3 aromatic carbocycles. The maximum atomic E-state index is 12.8. The molecule has 30 heavy (non-hydrogen) atoms. The fourth-order valence-corrected chi connectivity index (χ4v) is 4.24. The molecule has 0 heterocycles. The first kappa shape index (κ1) is 21.7. The molecule has 156 valence electrons. The summed E-state index contributed by atoms with van der Waals surface area (Å²) in [5, 5.41) is 1.87. The highest BCUT2D eigenvalue weighted by atomic mass is 32.2. The largest absolute Gasteiger partial charge is 0.465 e. The van der Waals surface area contributed by atoms with Gasteiger partial charge in [-0.15, -0.1) is 0 Å². The van der Waals surface area contributed by atoms with Crippen LogP contribution in [0.15, 0.2) is 71.6 Å². The Morgan fingerprint density at radius 1 is 0.967 bits per heavy atom. The molecular formula is C23H23NO5S. The van der Waals surface area contributed by atoms with E-state index in [1.54, 1.807) is 31.2 Å².